The van der Waals surface area contributed by atoms with Gasteiger partial charge in [0, 0.05) is 20.4 Å². The monoisotopic (exact) mass is 347 g/mol. The molecule has 18 heavy (non-hydrogen) atoms. The molecule has 0 spiro atoms. The molecule has 5 heteroatoms. The fourth-order valence-corrected chi connectivity index (χ4v) is 3.71. The lowest BCUT2D eigenvalue weighted by Crippen LogP contribution is -2.18. The lowest BCUT2D eigenvalue weighted by Gasteiger charge is -2.16. The smallest absolute Gasteiger partial charge is 0.127 e. The van der Waals surface area contributed by atoms with E-state index in [4.69, 9.17) is 11.6 Å². The quantitative estimate of drug-likeness (QED) is 0.836. The van der Waals surface area contributed by atoms with Gasteiger partial charge in [0.1, 0.15) is 5.82 Å². The van der Waals surface area contributed by atoms with E-state index >= 15 is 0 Å². The third-order valence-electron chi connectivity index (χ3n) is 2.75. The fraction of sp³-hybridized carbons (Fsp3) is 0.231. The summed E-state index contributed by atoms with van der Waals surface area (Å²) < 4.78 is 14.8. The maximum absolute atomic E-state index is 13.8. The van der Waals surface area contributed by atoms with Crippen LogP contribution < -0.4 is 5.32 Å². The summed E-state index contributed by atoms with van der Waals surface area (Å²) in [5, 5.41) is 5.66. The molecule has 0 fully saturated rings. The molecule has 0 saturated heterocycles. The third-order valence-corrected chi connectivity index (χ3v) is 4.97. The van der Waals surface area contributed by atoms with Crippen LogP contribution in [0.4, 0.5) is 4.39 Å². The van der Waals surface area contributed by atoms with Gasteiger partial charge in [-0.3, -0.25) is 0 Å². The zero-order valence-electron chi connectivity index (χ0n) is 9.71. The second-order valence-corrected chi connectivity index (χ2v) is 6.15. The molecule has 1 nitrogen and oxygen atoms in total. The number of thiophene rings is 1. The van der Waals surface area contributed by atoms with E-state index in [9.17, 15) is 4.39 Å². The summed E-state index contributed by atoms with van der Waals surface area (Å²) in [6.45, 7) is 0. The third kappa shape index (κ3) is 3.12. The second-order valence-electron chi connectivity index (χ2n) is 3.91. The molecule has 1 aromatic heterocycles. The minimum absolute atomic E-state index is 0.0926. The number of hydrogen-bond donors (Lipinski definition) is 1. The zero-order chi connectivity index (χ0) is 13.1. The summed E-state index contributed by atoms with van der Waals surface area (Å²) in [6.07, 6.45) is 0.596. The lowest BCUT2D eigenvalue weighted by atomic mass is 10.0. The molecule has 96 valence electrons. The van der Waals surface area contributed by atoms with Crippen LogP contribution >= 0.6 is 38.9 Å². The highest BCUT2D eigenvalue weighted by Gasteiger charge is 2.16. The maximum Gasteiger partial charge on any atom is 0.127 e. The summed E-state index contributed by atoms with van der Waals surface area (Å²) >= 11 is 10.9. The van der Waals surface area contributed by atoms with E-state index in [2.05, 4.69) is 21.2 Å². The first-order chi connectivity index (χ1) is 8.61. The van der Waals surface area contributed by atoms with Gasteiger partial charge in [0.15, 0.2) is 0 Å². The lowest BCUT2D eigenvalue weighted by molar-refractivity contribution is 0.559. The number of hydrogen-bond acceptors (Lipinski definition) is 2. The normalized spacial score (nSPS) is 12.7. The van der Waals surface area contributed by atoms with Gasteiger partial charge in [-0.2, -0.15) is 0 Å². The van der Waals surface area contributed by atoms with Crippen LogP contribution in [0.1, 0.15) is 16.5 Å². The highest BCUT2D eigenvalue weighted by atomic mass is 79.9. The minimum Gasteiger partial charge on any atom is -0.312 e. The summed E-state index contributed by atoms with van der Waals surface area (Å²) in [5.74, 6) is -0.254. The molecule has 0 aliphatic carbocycles. The molecule has 0 radical (unpaired) electrons. The van der Waals surface area contributed by atoms with Crippen LogP contribution in [0, 0.1) is 5.82 Å². The average Bonchev–Trinajstić information content (AvgIpc) is 2.75. The Balaban J connectivity index is 2.23. The largest absolute Gasteiger partial charge is 0.312 e. The van der Waals surface area contributed by atoms with Gasteiger partial charge in [0.25, 0.3) is 0 Å². The molecule has 0 aliphatic heterocycles. The Morgan fingerprint density at radius 1 is 1.44 bits per heavy atom. The van der Waals surface area contributed by atoms with Gasteiger partial charge in [-0.15, -0.1) is 11.3 Å². The molecule has 1 heterocycles. The Kier molecular flexibility index (Phi) is 4.78. The molecule has 1 aromatic carbocycles. The minimum atomic E-state index is -0.254. The van der Waals surface area contributed by atoms with Crippen LogP contribution in [0.3, 0.4) is 0 Å². The molecule has 2 rings (SSSR count). The topological polar surface area (TPSA) is 12.0 Å². The average molecular weight is 349 g/mol. The zero-order valence-corrected chi connectivity index (χ0v) is 12.9. The van der Waals surface area contributed by atoms with Gasteiger partial charge < -0.3 is 5.32 Å². The first-order valence-corrected chi connectivity index (χ1v) is 7.51. The molecular formula is C13H12BrClFNS. The Morgan fingerprint density at radius 3 is 2.78 bits per heavy atom. The van der Waals surface area contributed by atoms with Crippen molar-refractivity contribution in [1.82, 2.24) is 5.32 Å². The Bertz CT molecular complexity index is 544. The Labute approximate surface area is 123 Å². The standard InChI is InChI=1S/C13H12BrClFNS/c1-17-12(13-10(14)4-5-18-13)6-8-2-3-9(15)7-11(8)16/h2-5,7,12,17H,6H2,1H3. The molecule has 1 N–H and O–H groups in total. The van der Waals surface area contributed by atoms with Crippen LogP contribution in [0.15, 0.2) is 34.1 Å². The summed E-state index contributed by atoms with van der Waals surface area (Å²) in [7, 11) is 1.88. The molecule has 2 aromatic rings. The first-order valence-electron chi connectivity index (χ1n) is 5.46. The van der Waals surface area contributed by atoms with E-state index in [1.807, 2.05) is 18.5 Å². The molecule has 0 saturated carbocycles. The van der Waals surface area contributed by atoms with E-state index in [0.717, 1.165) is 4.47 Å². The molecule has 0 aliphatic rings. The van der Waals surface area contributed by atoms with E-state index in [1.165, 1.54) is 10.9 Å². The highest BCUT2D eigenvalue weighted by molar-refractivity contribution is 9.10. The fourth-order valence-electron chi connectivity index (χ4n) is 1.79. The van der Waals surface area contributed by atoms with Crippen molar-refractivity contribution in [2.45, 2.75) is 12.5 Å². The predicted molar refractivity (Wildman–Crippen MR) is 78.9 cm³/mol. The number of likely N-dealkylation sites (N-methyl/N-ethyl adjacent to an activating group) is 1. The number of nitrogens with one attached hydrogen (secondary N) is 1. The van der Waals surface area contributed by atoms with E-state index in [1.54, 1.807) is 23.5 Å². The molecular weight excluding hydrogens is 337 g/mol. The van der Waals surface area contributed by atoms with Crippen molar-refractivity contribution in [3.8, 4) is 0 Å². The van der Waals surface area contributed by atoms with Gasteiger partial charge in [-0.25, -0.2) is 4.39 Å². The van der Waals surface area contributed by atoms with Gasteiger partial charge in [0.2, 0.25) is 0 Å². The van der Waals surface area contributed by atoms with Gasteiger partial charge >= 0.3 is 0 Å². The number of rotatable bonds is 4. The molecule has 0 amide bonds. The molecule has 1 unspecified atom stereocenters. The van der Waals surface area contributed by atoms with Crippen LogP contribution in [-0.2, 0) is 6.42 Å². The first kappa shape index (κ1) is 14.0. The second kappa shape index (κ2) is 6.15. The van der Waals surface area contributed by atoms with Crippen molar-refractivity contribution in [3.05, 3.63) is 55.4 Å². The van der Waals surface area contributed by atoms with Crippen molar-refractivity contribution >= 4 is 38.9 Å². The van der Waals surface area contributed by atoms with Gasteiger partial charge in [-0.1, -0.05) is 17.7 Å². The Morgan fingerprint density at radius 2 is 2.22 bits per heavy atom. The SMILES string of the molecule is CNC(Cc1ccc(Cl)cc1F)c1sccc1Br. The van der Waals surface area contributed by atoms with Crippen molar-refractivity contribution in [1.29, 1.82) is 0 Å². The summed E-state index contributed by atoms with van der Waals surface area (Å²) in [4.78, 5) is 1.17. The molecule has 0 bridgehead atoms. The van der Waals surface area contributed by atoms with Crippen LogP contribution in [0.2, 0.25) is 5.02 Å². The van der Waals surface area contributed by atoms with Crippen LogP contribution in [0.25, 0.3) is 0 Å². The van der Waals surface area contributed by atoms with E-state index in [0.29, 0.717) is 17.0 Å². The Hall–Kier alpha value is -0.420. The van der Waals surface area contributed by atoms with Gasteiger partial charge in [-0.05, 0) is 58.5 Å². The molecule has 1 atom stereocenters. The summed E-state index contributed by atoms with van der Waals surface area (Å²) in [5.41, 5.74) is 0.666. The summed E-state index contributed by atoms with van der Waals surface area (Å²) in [6, 6.07) is 6.91. The highest BCUT2D eigenvalue weighted by Crippen LogP contribution is 2.31. The van der Waals surface area contributed by atoms with Gasteiger partial charge in [0.05, 0.1) is 0 Å². The van der Waals surface area contributed by atoms with Crippen LogP contribution in [0.5, 0.6) is 0 Å². The van der Waals surface area contributed by atoms with E-state index in [-0.39, 0.29) is 11.9 Å². The van der Waals surface area contributed by atoms with Crippen molar-refractivity contribution in [2.75, 3.05) is 7.05 Å². The number of halogens is 3. The maximum atomic E-state index is 13.8. The van der Waals surface area contributed by atoms with Crippen LogP contribution in [-0.4, -0.2) is 7.05 Å². The van der Waals surface area contributed by atoms with E-state index < -0.39 is 0 Å². The predicted octanol–water partition coefficient (Wildman–Crippen LogP) is 4.81. The van der Waals surface area contributed by atoms with Crippen molar-refractivity contribution in [2.24, 2.45) is 0 Å². The number of benzene rings is 1. The van der Waals surface area contributed by atoms with Crippen molar-refractivity contribution < 1.29 is 4.39 Å². The van der Waals surface area contributed by atoms with Crippen molar-refractivity contribution in [3.63, 3.8) is 0 Å².